The molecule has 0 unspecified atom stereocenters. The molecule has 0 bridgehead atoms. The van der Waals surface area contributed by atoms with E-state index in [1.807, 2.05) is 42.2 Å². The molecule has 0 saturated carbocycles. The summed E-state index contributed by atoms with van der Waals surface area (Å²) in [5.41, 5.74) is 6.63. The first-order chi connectivity index (χ1) is 17.5. The van der Waals surface area contributed by atoms with Crippen LogP contribution in [0.25, 0.3) is 17.2 Å². The average Bonchev–Trinajstić information content (AvgIpc) is 3.31. The quantitative estimate of drug-likeness (QED) is 0.424. The van der Waals surface area contributed by atoms with Crippen molar-refractivity contribution in [3.63, 3.8) is 0 Å². The van der Waals surface area contributed by atoms with Crippen molar-refractivity contribution in [2.75, 3.05) is 38.2 Å². The highest BCUT2D eigenvalue weighted by molar-refractivity contribution is 5.95. The Kier molecular flexibility index (Phi) is 6.41. The first-order valence-electron chi connectivity index (χ1n) is 12.1. The Labute approximate surface area is 211 Å². The lowest BCUT2D eigenvalue weighted by molar-refractivity contribution is 0.0746. The predicted octanol–water partition coefficient (Wildman–Crippen LogP) is 4.23. The van der Waals surface area contributed by atoms with E-state index in [1.54, 1.807) is 24.2 Å². The molecule has 5 rings (SSSR count). The molecule has 0 N–H and O–H groups in total. The number of carbonyl (C=O) groups is 1. The lowest BCUT2D eigenvalue weighted by Gasteiger charge is -2.37. The number of aromatic nitrogens is 4. The summed E-state index contributed by atoms with van der Waals surface area (Å²) in [6, 6.07) is 16.1. The highest BCUT2D eigenvalue weighted by atomic mass is 16.5. The number of rotatable bonds is 5. The second kappa shape index (κ2) is 9.81. The molecule has 36 heavy (non-hydrogen) atoms. The molecule has 1 amide bonds. The topological polar surface area (TPSA) is 76.4 Å². The minimum absolute atomic E-state index is 0.0137. The van der Waals surface area contributed by atoms with E-state index in [0.717, 1.165) is 30.1 Å². The Morgan fingerprint density at radius 3 is 2.53 bits per heavy atom. The normalized spacial score (nSPS) is 13.7. The van der Waals surface area contributed by atoms with Crippen molar-refractivity contribution >= 4 is 11.6 Å². The molecule has 1 fully saturated rings. The van der Waals surface area contributed by atoms with Gasteiger partial charge in [-0.05, 0) is 56.2 Å². The first kappa shape index (κ1) is 23.5. The second-order valence-electron chi connectivity index (χ2n) is 9.07. The van der Waals surface area contributed by atoms with Gasteiger partial charge in [0.25, 0.3) is 11.9 Å². The summed E-state index contributed by atoms with van der Waals surface area (Å²) in [6.45, 7) is 9.05. The van der Waals surface area contributed by atoms with Gasteiger partial charge in [-0.2, -0.15) is 5.10 Å². The van der Waals surface area contributed by atoms with Crippen LogP contribution in [0.15, 0.2) is 60.9 Å². The van der Waals surface area contributed by atoms with Crippen molar-refractivity contribution < 1.29 is 9.53 Å². The molecule has 0 spiro atoms. The van der Waals surface area contributed by atoms with Gasteiger partial charge < -0.3 is 14.5 Å². The van der Waals surface area contributed by atoms with Crippen LogP contribution in [-0.4, -0.2) is 63.8 Å². The molecule has 0 aliphatic carbocycles. The number of aryl methyl sites for hydroxylation is 2. The van der Waals surface area contributed by atoms with Gasteiger partial charge in [-0.15, -0.1) is 0 Å². The van der Waals surface area contributed by atoms with Crippen LogP contribution in [0.2, 0.25) is 0 Å². The van der Waals surface area contributed by atoms with Gasteiger partial charge in [-0.1, -0.05) is 24.3 Å². The number of carbonyl (C=O) groups excluding carboxylic acids is 1. The molecule has 8 heteroatoms. The Morgan fingerprint density at radius 2 is 1.75 bits per heavy atom. The van der Waals surface area contributed by atoms with Gasteiger partial charge in [0.2, 0.25) is 0 Å². The molecule has 4 aromatic rings. The van der Waals surface area contributed by atoms with Crippen LogP contribution in [0, 0.1) is 20.8 Å². The lowest BCUT2D eigenvalue weighted by atomic mass is 10.1. The average molecular weight is 483 g/mol. The Balaban J connectivity index is 1.34. The number of methoxy groups -OCH3 is 1. The molecule has 1 aliphatic rings. The summed E-state index contributed by atoms with van der Waals surface area (Å²) < 4.78 is 7.11. The van der Waals surface area contributed by atoms with Crippen molar-refractivity contribution in [1.82, 2.24) is 24.6 Å². The molecule has 8 nitrogen and oxygen atoms in total. The third-order valence-electron chi connectivity index (χ3n) is 6.73. The molecule has 184 valence electrons. The maximum absolute atomic E-state index is 13.4. The maximum Gasteiger partial charge on any atom is 0.257 e. The number of piperazine rings is 1. The largest absolute Gasteiger partial charge is 0.496 e. The first-order valence-corrected chi connectivity index (χ1v) is 12.1. The Hall–Kier alpha value is -4.20. The number of ether oxygens (including phenoxy) is 1. The van der Waals surface area contributed by atoms with Crippen molar-refractivity contribution in [2.24, 2.45) is 0 Å². The summed E-state index contributed by atoms with van der Waals surface area (Å²) in [4.78, 5) is 26.8. The van der Waals surface area contributed by atoms with Gasteiger partial charge in [0.1, 0.15) is 5.75 Å². The van der Waals surface area contributed by atoms with Crippen LogP contribution in [0.5, 0.6) is 5.75 Å². The number of nitrogens with zero attached hydrogens (tertiary/aromatic N) is 6. The molecule has 2 aromatic carbocycles. The molecule has 1 saturated heterocycles. The number of para-hydroxylation sites is 1. The van der Waals surface area contributed by atoms with Crippen LogP contribution in [-0.2, 0) is 0 Å². The molecule has 0 radical (unpaired) electrons. The summed E-state index contributed by atoms with van der Waals surface area (Å²) in [6.07, 6.45) is 3.31. The third kappa shape index (κ3) is 4.42. The highest BCUT2D eigenvalue weighted by Crippen LogP contribution is 2.28. The zero-order valence-corrected chi connectivity index (χ0v) is 21.1. The van der Waals surface area contributed by atoms with Gasteiger partial charge >= 0.3 is 0 Å². The molecule has 3 heterocycles. The van der Waals surface area contributed by atoms with E-state index in [0.29, 0.717) is 30.3 Å². The Morgan fingerprint density at radius 1 is 0.972 bits per heavy atom. The summed E-state index contributed by atoms with van der Waals surface area (Å²) in [5, 5.41) is 4.47. The molecule has 2 aromatic heterocycles. The number of anilines is 1. The molecule has 1 aliphatic heterocycles. The van der Waals surface area contributed by atoms with Gasteiger partial charge in [0, 0.05) is 43.6 Å². The van der Waals surface area contributed by atoms with Gasteiger partial charge in [-0.3, -0.25) is 4.79 Å². The zero-order valence-electron chi connectivity index (χ0n) is 21.1. The van der Waals surface area contributed by atoms with E-state index in [9.17, 15) is 4.79 Å². The summed E-state index contributed by atoms with van der Waals surface area (Å²) in [7, 11) is 1.64. The van der Waals surface area contributed by atoms with E-state index in [1.165, 1.54) is 16.8 Å². The van der Waals surface area contributed by atoms with Crippen LogP contribution in [0.4, 0.5) is 5.69 Å². The fraction of sp³-hybridized carbons (Fsp3) is 0.286. The number of hydrogen-bond donors (Lipinski definition) is 0. The third-order valence-corrected chi connectivity index (χ3v) is 6.73. The van der Waals surface area contributed by atoms with Crippen molar-refractivity contribution in [1.29, 1.82) is 0 Å². The Bertz CT molecular complexity index is 1400. The lowest BCUT2D eigenvalue weighted by Crippen LogP contribution is -2.49. The molecule has 0 atom stereocenters. The number of amides is 1. The van der Waals surface area contributed by atoms with E-state index >= 15 is 0 Å². The van der Waals surface area contributed by atoms with Crippen LogP contribution < -0.4 is 9.64 Å². The van der Waals surface area contributed by atoms with Crippen LogP contribution >= 0.6 is 0 Å². The number of benzene rings is 2. The van der Waals surface area contributed by atoms with Crippen molar-refractivity contribution in [3.8, 4) is 23.0 Å². The monoisotopic (exact) mass is 482 g/mol. The smallest absolute Gasteiger partial charge is 0.257 e. The summed E-state index contributed by atoms with van der Waals surface area (Å²) in [5.74, 6) is 1.13. The minimum Gasteiger partial charge on any atom is -0.496 e. The van der Waals surface area contributed by atoms with Crippen molar-refractivity contribution in [2.45, 2.75) is 20.8 Å². The van der Waals surface area contributed by atoms with E-state index in [2.05, 4.69) is 47.0 Å². The van der Waals surface area contributed by atoms with E-state index < -0.39 is 0 Å². The van der Waals surface area contributed by atoms with Crippen LogP contribution in [0.3, 0.4) is 0 Å². The second-order valence-corrected chi connectivity index (χ2v) is 9.07. The van der Waals surface area contributed by atoms with Crippen LogP contribution in [0.1, 0.15) is 27.2 Å². The molecular formula is C28H30N6O2. The van der Waals surface area contributed by atoms with E-state index in [-0.39, 0.29) is 5.91 Å². The summed E-state index contributed by atoms with van der Waals surface area (Å²) >= 11 is 0. The zero-order chi connectivity index (χ0) is 25.2. The maximum atomic E-state index is 13.4. The predicted molar refractivity (Wildman–Crippen MR) is 140 cm³/mol. The van der Waals surface area contributed by atoms with Gasteiger partial charge in [0.05, 0.1) is 30.3 Å². The minimum atomic E-state index is -0.0137. The van der Waals surface area contributed by atoms with Gasteiger partial charge in [0.15, 0.2) is 0 Å². The van der Waals surface area contributed by atoms with Gasteiger partial charge in [-0.25, -0.2) is 14.6 Å². The highest BCUT2D eigenvalue weighted by Gasteiger charge is 2.26. The van der Waals surface area contributed by atoms with Crippen molar-refractivity contribution in [3.05, 3.63) is 83.3 Å². The molecular weight excluding hydrogens is 452 g/mol. The number of hydrogen-bond acceptors (Lipinski definition) is 6. The fourth-order valence-electron chi connectivity index (χ4n) is 4.66. The standard InChI is InChI=1S/C28H30N6O2/c1-19-9-10-20(2)25(17-19)32-13-15-33(16-14-32)27(35)23-18-30-34(21(23)3)28-29-12-11-24(31-28)22-7-5-6-8-26(22)36-4/h5-12,17-18H,13-16H2,1-4H3. The van der Waals surface area contributed by atoms with E-state index in [4.69, 9.17) is 9.72 Å². The fourth-order valence-corrected chi connectivity index (χ4v) is 4.66. The SMILES string of the molecule is COc1ccccc1-c1ccnc(-n2ncc(C(=O)N3CCN(c4cc(C)ccc4C)CC3)c2C)n1.